The van der Waals surface area contributed by atoms with E-state index in [2.05, 4.69) is 4.74 Å². The monoisotopic (exact) mass is 220 g/mol. The number of methoxy groups -OCH3 is 1. The maximum atomic E-state index is 11.4. The fourth-order valence-corrected chi connectivity index (χ4v) is 1.32. The van der Waals surface area contributed by atoms with Crippen molar-refractivity contribution in [2.75, 3.05) is 19.4 Å². The first-order valence-corrected chi connectivity index (χ1v) is 5.04. The van der Waals surface area contributed by atoms with Gasteiger partial charge in [0, 0.05) is 0 Å². The van der Waals surface area contributed by atoms with Gasteiger partial charge in [-0.25, -0.2) is 4.79 Å². The Morgan fingerprint density at radius 1 is 1.50 bits per heavy atom. The van der Waals surface area contributed by atoms with Crippen molar-refractivity contribution < 1.29 is 9.53 Å². The second-order valence-electron chi connectivity index (χ2n) is 3.28. The summed E-state index contributed by atoms with van der Waals surface area (Å²) < 4.78 is 4.63. The zero-order valence-electron chi connectivity index (χ0n) is 9.27. The second-order valence-corrected chi connectivity index (χ2v) is 3.28. The van der Waals surface area contributed by atoms with Crippen LogP contribution in [-0.2, 0) is 4.74 Å². The Morgan fingerprint density at radius 3 is 2.88 bits per heavy atom. The molecule has 4 nitrogen and oxygen atoms in total. The molecular weight excluding hydrogens is 204 g/mol. The van der Waals surface area contributed by atoms with Crippen LogP contribution in [0.25, 0.3) is 6.08 Å². The maximum absolute atomic E-state index is 11.4. The molecule has 1 aromatic carbocycles. The van der Waals surface area contributed by atoms with Gasteiger partial charge in [-0.15, -0.1) is 0 Å². The summed E-state index contributed by atoms with van der Waals surface area (Å²) in [6, 6.07) is 5.25. The molecule has 0 heterocycles. The predicted molar refractivity (Wildman–Crippen MR) is 64.9 cm³/mol. The number of nitrogens with two attached hydrogens (primary N) is 2. The van der Waals surface area contributed by atoms with Gasteiger partial charge in [0.1, 0.15) is 0 Å². The normalized spacial score (nSPS) is 10.6. The van der Waals surface area contributed by atoms with E-state index < -0.39 is 5.97 Å². The van der Waals surface area contributed by atoms with Gasteiger partial charge in [-0.2, -0.15) is 0 Å². The smallest absolute Gasteiger partial charge is 0.339 e. The van der Waals surface area contributed by atoms with Crippen LogP contribution < -0.4 is 11.5 Å². The van der Waals surface area contributed by atoms with Crippen molar-refractivity contribution in [3.8, 4) is 0 Å². The number of carbonyl (C=O) groups is 1. The minimum atomic E-state index is -0.424. The molecule has 1 rings (SSSR count). The molecule has 0 fully saturated rings. The first-order chi connectivity index (χ1) is 7.70. The molecule has 0 saturated heterocycles. The highest BCUT2D eigenvalue weighted by Gasteiger charge is 2.10. The Labute approximate surface area is 94.9 Å². The van der Waals surface area contributed by atoms with E-state index in [1.54, 1.807) is 12.1 Å². The van der Waals surface area contributed by atoms with Crippen LogP contribution in [0.2, 0.25) is 0 Å². The van der Waals surface area contributed by atoms with Crippen LogP contribution in [0.5, 0.6) is 0 Å². The van der Waals surface area contributed by atoms with Crippen molar-refractivity contribution in [1.29, 1.82) is 0 Å². The summed E-state index contributed by atoms with van der Waals surface area (Å²) in [6.07, 6.45) is 4.56. The summed E-state index contributed by atoms with van der Waals surface area (Å²) in [5, 5.41) is 0. The predicted octanol–water partition coefficient (Wildman–Crippen LogP) is 1.42. The van der Waals surface area contributed by atoms with Gasteiger partial charge < -0.3 is 16.2 Å². The number of carbonyl (C=O) groups excluding carboxylic acids is 1. The summed E-state index contributed by atoms with van der Waals surface area (Å²) in [6.45, 7) is 0.590. The minimum Gasteiger partial charge on any atom is -0.465 e. The standard InChI is InChI=1S/C12H16N2O2/c1-16-12(15)10-7-4-6-9(11(10)14)5-2-3-8-13/h2,4-7H,3,8,13-14H2,1H3. The van der Waals surface area contributed by atoms with E-state index in [0.717, 1.165) is 12.0 Å². The highest BCUT2D eigenvalue weighted by atomic mass is 16.5. The Morgan fingerprint density at radius 2 is 2.25 bits per heavy atom. The number of para-hydroxylation sites is 1. The first kappa shape index (κ1) is 12.3. The number of hydrogen-bond acceptors (Lipinski definition) is 4. The van der Waals surface area contributed by atoms with Gasteiger partial charge in [-0.05, 0) is 24.6 Å². The fourth-order valence-electron chi connectivity index (χ4n) is 1.32. The molecule has 0 amide bonds. The van der Waals surface area contributed by atoms with Gasteiger partial charge >= 0.3 is 5.97 Å². The Bertz CT molecular complexity index is 400. The van der Waals surface area contributed by atoms with E-state index in [1.807, 2.05) is 18.2 Å². The van der Waals surface area contributed by atoms with Crippen LogP contribution in [-0.4, -0.2) is 19.6 Å². The number of anilines is 1. The van der Waals surface area contributed by atoms with E-state index >= 15 is 0 Å². The number of benzene rings is 1. The molecule has 0 atom stereocenters. The molecular formula is C12H16N2O2. The molecule has 4 heteroatoms. The SMILES string of the molecule is COC(=O)c1cccc(C=CCCN)c1N. The third-order valence-corrected chi connectivity index (χ3v) is 2.18. The topological polar surface area (TPSA) is 78.3 Å². The molecule has 0 aliphatic heterocycles. The molecule has 86 valence electrons. The summed E-state index contributed by atoms with van der Waals surface area (Å²) in [5.74, 6) is -0.424. The number of nitrogen functional groups attached to an aromatic ring is 1. The summed E-state index contributed by atoms with van der Waals surface area (Å²) in [4.78, 5) is 11.4. The highest BCUT2D eigenvalue weighted by Crippen LogP contribution is 2.19. The molecule has 0 radical (unpaired) electrons. The minimum absolute atomic E-state index is 0.386. The van der Waals surface area contributed by atoms with Gasteiger partial charge in [0.2, 0.25) is 0 Å². The average Bonchev–Trinajstić information content (AvgIpc) is 2.30. The van der Waals surface area contributed by atoms with Crippen LogP contribution in [0.4, 0.5) is 5.69 Å². The lowest BCUT2D eigenvalue weighted by atomic mass is 10.1. The van der Waals surface area contributed by atoms with Crippen molar-refractivity contribution in [3.05, 3.63) is 35.4 Å². The van der Waals surface area contributed by atoms with Crippen LogP contribution in [0, 0.1) is 0 Å². The lowest BCUT2D eigenvalue weighted by Gasteiger charge is -2.06. The van der Waals surface area contributed by atoms with Gasteiger partial charge in [0.05, 0.1) is 18.4 Å². The number of hydrogen-bond donors (Lipinski definition) is 2. The zero-order chi connectivity index (χ0) is 12.0. The Balaban J connectivity index is 2.99. The lowest BCUT2D eigenvalue weighted by Crippen LogP contribution is -2.06. The molecule has 0 aliphatic rings. The van der Waals surface area contributed by atoms with Crippen LogP contribution in [0.1, 0.15) is 22.3 Å². The summed E-state index contributed by atoms with van der Waals surface area (Å²) in [7, 11) is 1.33. The average molecular weight is 220 g/mol. The van der Waals surface area contributed by atoms with Gasteiger partial charge in [0.15, 0.2) is 0 Å². The Kier molecular flexibility index (Phi) is 4.54. The Hall–Kier alpha value is -1.81. The van der Waals surface area contributed by atoms with Crippen molar-refractivity contribution >= 4 is 17.7 Å². The number of rotatable bonds is 4. The van der Waals surface area contributed by atoms with Crippen molar-refractivity contribution in [2.24, 2.45) is 5.73 Å². The fraction of sp³-hybridized carbons (Fsp3) is 0.250. The van der Waals surface area contributed by atoms with E-state index in [4.69, 9.17) is 11.5 Å². The first-order valence-electron chi connectivity index (χ1n) is 5.04. The number of ether oxygens (including phenoxy) is 1. The molecule has 0 spiro atoms. The van der Waals surface area contributed by atoms with Crippen molar-refractivity contribution in [1.82, 2.24) is 0 Å². The third-order valence-electron chi connectivity index (χ3n) is 2.18. The molecule has 0 aromatic heterocycles. The van der Waals surface area contributed by atoms with Crippen LogP contribution in [0.3, 0.4) is 0 Å². The quantitative estimate of drug-likeness (QED) is 0.594. The van der Waals surface area contributed by atoms with Crippen molar-refractivity contribution in [2.45, 2.75) is 6.42 Å². The van der Waals surface area contributed by atoms with E-state index in [1.165, 1.54) is 7.11 Å². The molecule has 1 aromatic rings. The maximum Gasteiger partial charge on any atom is 0.339 e. The highest BCUT2D eigenvalue weighted by molar-refractivity contribution is 5.97. The molecule has 16 heavy (non-hydrogen) atoms. The molecule has 0 bridgehead atoms. The van der Waals surface area contributed by atoms with Gasteiger partial charge in [-0.1, -0.05) is 24.3 Å². The third kappa shape index (κ3) is 2.84. The van der Waals surface area contributed by atoms with Gasteiger partial charge in [-0.3, -0.25) is 0 Å². The lowest BCUT2D eigenvalue weighted by molar-refractivity contribution is 0.0602. The molecule has 0 saturated carbocycles. The second kappa shape index (κ2) is 5.92. The van der Waals surface area contributed by atoms with Crippen molar-refractivity contribution in [3.63, 3.8) is 0 Å². The van der Waals surface area contributed by atoms with Crippen LogP contribution >= 0.6 is 0 Å². The van der Waals surface area contributed by atoms with E-state index in [9.17, 15) is 4.79 Å². The van der Waals surface area contributed by atoms with Gasteiger partial charge in [0.25, 0.3) is 0 Å². The molecule has 0 unspecified atom stereocenters. The summed E-state index contributed by atoms with van der Waals surface area (Å²) in [5.41, 5.74) is 12.9. The zero-order valence-corrected chi connectivity index (χ0v) is 9.27. The molecule has 0 aliphatic carbocycles. The van der Waals surface area contributed by atoms with E-state index in [-0.39, 0.29) is 0 Å². The van der Waals surface area contributed by atoms with E-state index in [0.29, 0.717) is 17.8 Å². The summed E-state index contributed by atoms with van der Waals surface area (Å²) >= 11 is 0. The van der Waals surface area contributed by atoms with Crippen LogP contribution in [0.15, 0.2) is 24.3 Å². The number of esters is 1. The molecule has 4 N–H and O–H groups in total. The largest absolute Gasteiger partial charge is 0.465 e.